The first-order valence-electron chi connectivity index (χ1n) is 4.14. The van der Waals surface area contributed by atoms with Crippen molar-refractivity contribution in [3.05, 3.63) is 45.7 Å². The SMILES string of the molecule is Brc1cncc(Oc2ncccc2Br)c1. The van der Waals surface area contributed by atoms with Crippen molar-refractivity contribution in [3.8, 4) is 11.6 Å². The van der Waals surface area contributed by atoms with Gasteiger partial charge in [0.15, 0.2) is 0 Å². The Morgan fingerprint density at radius 2 is 2.07 bits per heavy atom. The summed E-state index contributed by atoms with van der Waals surface area (Å²) in [4.78, 5) is 8.09. The molecule has 0 unspecified atom stereocenters. The van der Waals surface area contributed by atoms with Crippen molar-refractivity contribution in [2.24, 2.45) is 0 Å². The van der Waals surface area contributed by atoms with Gasteiger partial charge in [-0.25, -0.2) is 4.98 Å². The lowest BCUT2D eigenvalue weighted by Gasteiger charge is -2.05. The molecule has 5 heteroatoms. The Hall–Kier alpha value is -0.940. The highest BCUT2D eigenvalue weighted by Crippen LogP contribution is 2.27. The first-order chi connectivity index (χ1) is 7.25. The number of rotatable bonds is 2. The van der Waals surface area contributed by atoms with Gasteiger partial charge in [-0.2, -0.15) is 0 Å². The van der Waals surface area contributed by atoms with E-state index in [1.807, 2.05) is 18.2 Å². The largest absolute Gasteiger partial charge is 0.436 e. The number of ether oxygens (including phenoxy) is 1. The van der Waals surface area contributed by atoms with E-state index in [2.05, 4.69) is 41.8 Å². The zero-order valence-electron chi connectivity index (χ0n) is 7.52. The third kappa shape index (κ3) is 2.76. The minimum atomic E-state index is 0.525. The van der Waals surface area contributed by atoms with E-state index in [1.165, 1.54) is 0 Å². The standard InChI is InChI=1S/C10H6Br2N2O/c11-7-4-8(6-13-5-7)15-10-9(12)2-1-3-14-10/h1-6H. The Labute approximate surface area is 104 Å². The molecule has 0 N–H and O–H groups in total. The van der Waals surface area contributed by atoms with Gasteiger partial charge in [-0.05, 0) is 50.1 Å². The maximum absolute atomic E-state index is 5.54. The molecule has 2 heterocycles. The molecule has 0 spiro atoms. The number of halogens is 2. The normalized spacial score (nSPS) is 10.0. The van der Waals surface area contributed by atoms with Crippen LogP contribution in [0.2, 0.25) is 0 Å². The van der Waals surface area contributed by atoms with Crippen LogP contribution in [0, 0.1) is 0 Å². The molecular formula is C10H6Br2N2O. The molecule has 3 nitrogen and oxygen atoms in total. The smallest absolute Gasteiger partial charge is 0.233 e. The second-order valence-corrected chi connectivity index (χ2v) is 4.50. The molecule has 0 saturated carbocycles. The average molecular weight is 330 g/mol. The van der Waals surface area contributed by atoms with E-state index in [0.29, 0.717) is 11.6 Å². The summed E-state index contributed by atoms with van der Waals surface area (Å²) in [5.74, 6) is 1.17. The van der Waals surface area contributed by atoms with Crippen LogP contribution in [0.4, 0.5) is 0 Å². The third-order valence-corrected chi connectivity index (χ3v) is 2.66. The molecule has 15 heavy (non-hydrogen) atoms. The molecule has 2 rings (SSSR count). The molecule has 0 aromatic carbocycles. The van der Waals surface area contributed by atoms with Gasteiger partial charge < -0.3 is 4.74 Å². The van der Waals surface area contributed by atoms with Gasteiger partial charge in [-0.3, -0.25) is 4.98 Å². The highest BCUT2D eigenvalue weighted by atomic mass is 79.9. The Morgan fingerprint density at radius 1 is 1.20 bits per heavy atom. The highest BCUT2D eigenvalue weighted by molar-refractivity contribution is 9.10. The van der Waals surface area contributed by atoms with Crippen molar-refractivity contribution >= 4 is 31.9 Å². The van der Waals surface area contributed by atoms with E-state index in [-0.39, 0.29) is 0 Å². The van der Waals surface area contributed by atoms with Gasteiger partial charge in [0.05, 0.1) is 10.7 Å². The molecule has 0 bridgehead atoms. The Balaban J connectivity index is 2.26. The third-order valence-electron chi connectivity index (χ3n) is 1.62. The molecule has 2 aromatic rings. The minimum absolute atomic E-state index is 0.525. The fourth-order valence-electron chi connectivity index (χ4n) is 1.01. The molecule has 0 amide bonds. The molecule has 76 valence electrons. The summed E-state index contributed by atoms with van der Waals surface area (Å²) < 4.78 is 7.22. The zero-order valence-corrected chi connectivity index (χ0v) is 10.7. The fraction of sp³-hybridized carbons (Fsp3) is 0. The van der Waals surface area contributed by atoms with Crippen LogP contribution < -0.4 is 4.74 Å². The fourth-order valence-corrected chi connectivity index (χ4v) is 1.69. The van der Waals surface area contributed by atoms with Crippen molar-refractivity contribution in [2.45, 2.75) is 0 Å². The van der Waals surface area contributed by atoms with Gasteiger partial charge >= 0.3 is 0 Å². The summed E-state index contributed by atoms with van der Waals surface area (Å²) in [6.45, 7) is 0. The van der Waals surface area contributed by atoms with E-state index < -0.39 is 0 Å². The molecular weight excluding hydrogens is 324 g/mol. The lowest BCUT2D eigenvalue weighted by molar-refractivity contribution is 0.457. The topological polar surface area (TPSA) is 35.0 Å². The lowest BCUT2D eigenvalue weighted by Crippen LogP contribution is -1.89. The van der Waals surface area contributed by atoms with E-state index in [0.717, 1.165) is 8.95 Å². The van der Waals surface area contributed by atoms with Crippen molar-refractivity contribution in [1.29, 1.82) is 0 Å². The van der Waals surface area contributed by atoms with E-state index >= 15 is 0 Å². The van der Waals surface area contributed by atoms with Gasteiger partial charge in [-0.15, -0.1) is 0 Å². The highest BCUT2D eigenvalue weighted by Gasteiger charge is 2.03. The summed E-state index contributed by atoms with van der Waals surface area (Å²) in [5.41, 5.74) is 0. The summed E-state index contributed by atoms with van der Waals surface area (Å²) in [5, 5.41) is 0. The second kappa shape index (κ2) is 4.72. The van der Waals surface area contributed by atoms with Crippen LogP contribution in [0.3, 0.4) is 0 Å². The number of hydrogen-bond acceptors (Lipinski definition) is 3. The van der Waals surface area contributed by atoms with E-state index in [4.69, 9.17) is 4.74 Å². The van der Waals surface area contributed by atoms with E-state index in [9.17, 15) is 0 Å². The number of aromatic nitrogens is 2. The summed E-state index contributed by atoms with van der Waals surface area (Å²) in [6.07, 6.45) is 5.00. The molecule has 0 atom stereocenters. The van der Waals surface area contributed by atoms with Crippen LogP contribution >= 0.6 is 31.9 Å². The molecule has 2 aromatic heterocycles. The predicted octanol–water partition coefficient (Wildman–Crippen LogP) is 3.79. The average Bonchev–Trinajstić information content (AvgIpc) is 2.22. The van der Waals surface area contributed by atoms with E-state index in [1.54, 1.807) is 18.6 Å². The van der Waals surface area contributed by atoms with Gasteiger partial charge in [-0.1, -0.05) is 0 Å². The molecule has 0 aliphatic rings. The Kier molecular flexibility index (Phi) is 3.33. The summed E-state index contributed by atoms with van der Waals surface area (Å²) >= 11 is 6.67. The van der Waals surface area contributed by atoms with Crippen LogP contribution in [0.1, 0.15) is 0 Å². The molecule has 0 radical (unpaired) electrons. The van der Waals surface area contributed by atoms with Gasteiger partial charge in [0.2, 0.25) is 5.88 Å². The van der Waals surface area contributed by atoms with Gasteiger partial charge in [0.1, 0.15) is 5.75 Å². The lowest BCUT2D eigenvalue weighted by atomic mass is 10.4. The number of hydrogen-bond donors (Lipinski definition) is 0. The van der Waals surface area contributed by atoms with Crippen LogP contribution in [0.5, 0.6) is 11.6 Å². The quantitative estimate of drug-likeness (QED) is 0.840. The monoisotopic (exact) mass is 328 g/mol. The number of pyridine rings is 2. The first kappa shape index (κ1) is 10.6. The van der Waals surface area contributed by atoms with Crippen molar-refractivity contribution in [3.63, 3.8) is 0 Å². The summed E-state index contributed by atoms with van der Waals surface area (Å²) in [6, 6.07) is 5.53. The molecule has 0 aliphatic heterocycles. The van der Waals surface area contributed by atoms with Crippen LogP contribution in [0.15, 0.2) is 45.7 Å². The van der Waals surface area contributed by atoms with Crippen molar-refractivity contribution in [1.82, 2.24) is 9.97 Å². The van der Waals surface area contributed by atoms with Crippen LogP contribution in [0.25, 0.3) is 0 Å². The molecule has 0 aliphatic carbocycles. The first-order valence-corrected chi connectivity index (χ1v) is 5.73. The second-order valence-electron chi connectivity index (χ2n) is 2.73. The Bertz CT molecular complexity index is 476. The minimum Gasteiger partial charge on any atom is -0.436 e. The van der Waals surface area contributed by atoms with Crippen molar-refractivity contribution in [2.75, 3.05) is 0 Å². The molecule has 0 fully saturated rings. The predicted molar refractivity (Wildman–Crippen MR) is 63.9 cm³/mol. The Morgan fingerprint density at radius 3 is 2.80 bits per heavy atom. The van der Waals surface area contributed by atoms with Crippen molar-refractivity contribution < 1.29 is 4.74 Å². The van der Waals surface area contributed by atoms with Gasteiger partial charge in [0, 0.05) is 16.9 Å². The maximum Gasteiger partial charge on any atom is 0.233 e. The van der Waals surface area contributed by atoms with Gasteiger partial charge in [0.25, 0.3) is 0 Å². The molecule has 0 saturated heterocycles. The number of nitrogens with zero attached hydrogens (tertiary/aromatic N) is 2. The van der Waals surface area contributed by atoms with Crippen LogP contribution in [-0.4, -0.2) is 9.97 Å². The van der Waals surface area contributed by atoms with Crippen LogP contribution in [-0.2, 0) is 0 Å². The maximum atomic E-state index is 5.54. The zero-order chi connectivity index (χ0) is 10.7. The summed E-state index contributed by atoms with van der Waals surface area (Å²) in [7, 11) is 0.